The van der Waals surface area contributed by atoms with Gasteiger partial charge in [0.05, 0.1) is 12.1 Å². The number of primary amides is 1. The molecule has 0 radical (unpaired) electrons. The third kappa shape index (κ3) is 3.66. The van der Waals surface area contributed by atoms with Crippen LogP contribution in [0.4, 0.5) is 0 Å². The van der Waals surface area contributed by atoms with Crippen LogP contribution in [0, 0.1) is 5.92 Å². The zero-order valence-electron chi connectivity index (χ0n) is 15.5. The highest BCUT2D eigenvalue weighted by atomic mass is 16.5. The molecule has 0 aliphatic heterocycles. The van der Waals surface area contributed by atoms with E-state index in [9.17, 15) is 9.59 Å². The lowest BCUT2D eigenvalue weighted by molar-refractivity contribution is -0.122. The van der Waals surface area contributed by atoms with Gasteiger partial charge in [-0.25, -0.2) is 0 Å². The first kappa shape index (κ1) is 18.2. The minimum Gasteiger partial charge on any atom is -0.493 e. The molecule has 1 aliphatic rings. The van der Waals surface area contributed by atoms with Crippen LogP contribution in [0.25, 0.3) is 10.9 Å². The van der Waals surface area contributed by atoms with E-state index in [0.29, 0.717) is 29.1 Å². The van der Waals surface area contributed by atoms with Gasteiger partial charge in [0.1, 0.15) is 17.0 Å². The number of ether oxygens (including phenoxy) is 1. The second-order valence-corrected chi connectivity index (χ2v) is 7.56. The normalized spacial score (nSPS) is 15.3. The number of aryl methyl sites for hydroxylation is 1. The van der Waals surface area contributed by atoms with Gasteiger partial charge in [0.25, 0.3) is 5.91 Å². The number of carbonyl (C=O) groups is 2. The molecule has 1 fully saturated rings. The number of carbonyl (C=O) groups excluding carboxylic acids is 2. The van der Waals surface area contributed by atoms with Gasteiger partial charge < -0.3 is 15.8 Å². The molecule has 0 unspecified atom stereocenters. The fourth-order valence-electron chi connectivity index (χ4n) is 3.33. The number of hydrogen-bond donors (Lipinski definition) is 2. The molecule has 1 heterocycles. The number of nitrogens with zero attached hydrogens (tertiary/aromatic N) is 2. The van der Waals surface area contributed by atoms with E-state index in [1.807, 2.05) is 18.2 Å². The molecular weight excluding hydrogens is 332 g/mol. The highest BCUT2D eigenvalue weighted by Crippen LogP contribution is 2.28. The van der Waals surface area contributed by atoms with Gasteiger partial charge in [-0.2, -0.15) is 5.10 Å². The van der Waals surface area contributed by atoms with Gasteiger partial charge in [0.2, 0.25) is 5.91 Å². The van der Waals surface area contributed by atoms with Crippen molar-refractivity contribution >= 4 is 22.7 Å². The summed E-state index contributed by atoms with van der Waals surface area (Å²) < 4.78 is 7.45. The molecule has 3 N–H and O–H groups in total. The number of fused-ring (bicyclic) bond motifs is 1. The fourth-order valence-corrected chi connectivity index (χ4v) is 3.33. The summed E-state index contributed by atoms with van der Waals surface area (Å²) in [4.78, 5) is 24.2. The summed E-state index contributed by atoms with van der Waals surface area (Å²) in [7, 11) is 1.70. The Morgan fingerprint density at radius 1 is 1.35 bits per heavy atom. The van der Waals surface area contributed by atoms with Gasteiger partial charge >= 0.3 is 0 Å². The van der Waals surface area contributed by atoms with Crippen LogP contribution in [-0.4, -0.2) is 33.7 Å². The first-order chi connectivity index (χ1) is 12.3. The van der Waals surface area contributed by atoms with Crippen molar-refractivity contribution in [3.05, 3.63) is 23.9 Å². The number of amides is 2. The second-order valence-electron chi connectivity index (χ2n) is 7.56. The average Bonchev–Trinajstić information content (AvgIpc) is 3.18. The van der Waals surface area contributed by atoms with E-state index >= 15 is 0 Å². The topological polar surface area (TPSA) is 99.2 Å². The van der Waals surface area contributed by atoms with Crippen LogP contribution in [0.3, 0.4) is 0 Å². The van der Waals surface area contributed by atoms with Crippen LogP contribution < -0.4 is 15.8 Å². The monoisotopic (exact) mass is 358 g/mol. The molecule has 0 atom stereocenters. The molecule has 2 amide bonds. The van der Waals surface area contributed by atoms with Gasteiger partial charge in [-0.05, 0) is 50.8 Å². The van der Waals surface area contributed by atoms with E-state index < -0.39 is 17.4 Å². The molecule has 1 aliphatic carbocycles. The van der Waals surface area contributed by atoms with Crippen LogP contribution in [0.1, 0.15) is 50.0 Å². The van der Waals surface area contributed by atoms with Gasteiger partial charge in [-0.3, -0.25) is 14.3 Å². The average molecular weight is 358 g/mol. The van der Waals surface area contributed by atoms with Crippen molar-refractivity contribution in [3.63, 3.8) is 0 Å². The first-order valence-electron chi connectivity index (χ1n) is 9.00. The predicted molar refractivity (Wildman–Crippen MR) is 98.9 cm³/mol. The number of nitrogens with one attached hydrogen (secondary N) is 1. The standard InChI is InChI=1S/C19H26N4O3/c1-19(2,18(20)25)21-17(24)16-14-10-13(8-9-15(14)22-23(16)3)26-11-12-6-4-5-7-12/h8-10,12H,4-7,11H2,1-3H3,(H2,20,25)(H,21,24). The van der Waals surface area contributed by atoms with Crippen LogP contribution in [0.2, 0.25) is 0 Å². The molecular formula is C19H26N4O3. The zero-order chi connectivity index (χ0) is 18.9. The summed E-state index contributed by atoms with van der Waals surface area (Å²) in [5.74, 6) is 0.337. The Labute approximate surface area is 152 Å². The van der Waals surface area contributed by atoms with Gasteiger partial charge in [-0.1, -0.05) is 12.8 Å². The second kappa shape index (κ2) is 6.97. The van der Waals surface area contributed by atoms with Gasteiger partial charge in [-0.15, -0.1) is 0 Å². The molecule has 140 valence electrons. The summed E-state index contributed by atoms with van der Waals surface area (Å²) in [6.07, 6.45) is 4.97. The van der Waals surface area contributed by atoms with Crippen molar-refractivity contribution in [1.82, 2.24) is 15.1 Å². The number of rotatable bonds is 6. The van der Waals surface area contributed by atoms with E-state index in [1.165, 1.54) is 30.4 Å². The van der Waals surface area contributed by atoms with Crippen molar-refractivity contribution in [2.45, 2.75) is 45.1 Å². The maximum Gasteiger partial charge on any atom is 0.271 e. The molecule has 0 bridgehead atoms. The number of aromatic nitrogens is 2. The Morgan fingerprint density at radius 3 is 2.69 bits per heavy atom. The van der Waals surface area contributed by atoms with Crippen molar-refractivity contribution in [2.75, 3.05) is 6.61 Å². The smallest absolute Gasteiger partial charge is 0.271 e. The van der Waals surface area contributed by atoms with E-state index in [1.54, 1.807) is 20.9 Å². The SMILES string of the molecule is Cn1nc2ccc(OCC3CCCC3)cc2c1C(=O)NC(C)(C)C(N)=O. The molecule has 1 saturated carbocycles. The molecule has 0 spiro atoms. The minimum atomic E-state index is -1.15. The molecule has 7 heteroatoms. The Morgan fingerprint density at radius 2 is 2.04 bits per heavy atom. The maximum absolute atomic E-state index is 12.7. The quantitative estimate of drug-likeness (QED) is 0.826. The predicted octanol–water partition coefficient (Wildman–Crippen LogP) is 2.14. The Hall–Kier alpha value is -2.57. The largest absolute Gasteiger partial charge is 0.493 e. The van der Waals surface area contributed by atoms with Crippen LogP contribution >= 0.6 is 0 Å². The lowest BCUT2D eigenvalue weighted by Gasteiger charge is -2.22. The van der Waals surface area contributed by atoms with Gasteiger partial charge in [0.15, 0.2) is 0 Å². The highest BCUT2D eigenvalue weighted by molar-refractivity contribution is 6.07. The summed E-state index contributed by atoms with van der Waals surface area (Å²) in [5.41, 5.74) is 5.27. The third-order valence-electron chi connectivity index (χ3n) is 5.02. The van der Waals surface area contributed by atoms with Crippen LogP contribution in [0.5, 0.6) is 5.75 Å². The lowest BCUT2D eigenvalue weighted by atomic mass is 10.0. The van der Waals surface area contributed by atoms with Crippen LogP contribution in [0.15, 0.2) is 18.2 Å². The van der Waals surface area contributed by atoms with E-state index in [2.05, 4.69) is 10.4 Å². The molecule has 0 saturated heterocycles. The van der Waals surface area contributed by atoms with Crippen molar-refractivity contribution in [2.24, 2.45) is 18.7 Å². The van der Waals surface area contributed by atoms with Crippen molar-refractivity contribution < 1.29 is 14.3 Å². The zero-order valence-corrected chi connectivity index (χ0v) is 15.5. The summed E-state index contributed by atoms with van der Waals surface area (Å²) in [6.45, 7) is 3.84. The number of benzene rings is 1. The maximum atomic E-state index is 12.7. The van der Waals surface area contributed by atoms with Gasteiger partial charge in [0, 0.05) is 12.4 Å². The first-order valence-corrected chi connectivity index (χ1v) is 9.00. The lowest BCUT2D eigenvalue weighted by Crippen LogP contribution is -2.53. The molecule has 2 aromatic rings. The summed E-state index contributed by atoms with van der Waals surface area (Å²) >= 11 is 0. The summed E-state index contributed by atoms with van der Waals surface area (Å²) in [6, 6.07) is 5.55. The molecule has 26 heavy (non-hydrogen) atoms. The Kier molecular flexibility index (Phi) is 4.89. The molecule has 3 rings (SSSR count). The van der Waals surface area contributed by atoms with Crippen molar-refractivity contribution in [1.29, 1.82) is 0 Å². The number of hydrogen-bond acceptors (Lipinski definition) is 4. The Balaban J connectivity index is 1.84. The molecule has 1 aromatic heterocycles. The van der Waals surface area contributed by atoms with E-state index in [4.69, 9.17) is 10.5 Å². The number of nitrogens with two attached hydrogens (primary N) is 1. The van der Waals surface area contributed by atoms with Crippen LogP contribution in [-0.2, 0) is 11.8 Å². The molecule has 7 nitrogen and oxygen atoms in total. The minimum absolute atomic E-state index is 0.376. The van der Waals surface area contributed by atoms with E-state index in [0.717, 1.165) is 5.75 Å². The highest BCUT2D eigenvalue weighted by Gasteiger charge is 2.29. The summed E-state index contributed by atoms with van der Waals surface area (Å²) in [5, 5.41) is 7.73. The van der Waals surface area contributed by atoms with E-state index in [-0.39, 0.29) is 0 Å². The molecule has 1 aromatic carbocycles. The fraction of sp³-hybridized carbons (Fsp3) is 0.526. The van der Waals surface area contributed by atoms with Crippen molar-refractivity contribution in [3.8, 4) is 5.75 Å². The Bertz CT molecular complexity index is 835. The third-order valence-corrected chi connectivity index (χ3v) is 5.02.